The number of nitrogens with zero attached hydrogens (tertiary/aromatic N) is 3. The second kappa shape index (κ2) is 11.2. The zero-order valence-electron chi connectivity index (χ0n) is 17.4. The molecule has 168 valence electrons. The number of hydrogen-bond donors (Lipinski definition) is 2. The number of anilines is 1. The highest BCUT2D eigenvalue weighted by atomic mass is 35.5. The maximum absolute atomic E-state index is 12.4. The van der Waals surface area contributed by atoms with Crippen LogP contribution in [-0.2, 0) is 17.9 Å². The number of carbonyl (C=O) groups excluding carboxylic acids is 2. The van der Waals surface area contributed by atoms with Crippen molar-refractivity contribution in [3.8, 4) is 5.75 Å². The number of benzene rings is 2. The van der Waals surface area contributed by atoms with E-state index in [4.69, 9.17) is 27.9 Å². The molecule has 1 aromatic heterocycles. The van der Waals surface area contributed by atoms with Crippen molar-refractivity contribution in [1.29, 1.82) is 0 Å². The van der Waals surface area contributed by atoms with E-state index in [0.29, 0.717) is 39.5 Å². The molecule has 0 aliphatic carbocycles. The molecule has 2 amide bonds. The SMILES string of the molecule is CCn1c(CNC(=O)c2ccc(Cl)cc2Cl)nnc1SCC(=O)Nc1ccccc1OC. The van der Waals surface area contributed by atoms with Gasteiger partial charge >= 0.3 is 0 Å². The molecule has 0 atom stereocenters. The van der Waals surface area contributed by atoms with E-state index in [-0.39, 0.29) is 29.1 Å². The molecule has 11 heteroatoms. The van der Waals surface area contributed by atoms with Crippen LogP contribution < -0.4 is 15.4 Å². The van der Waals surface area contributed by atoms with Crippen LogP contribution in [0.2, 0.25) is 10.0 Å². The molecule has 0 saturated heterocycles. The van der Waals surface area contributed by atoms with E-state index >= 15 is 0 Å². The van der Waals surface area contributed by atoms with Gasteiger partial charge in [-0.2, -0.15) is 0 Å². The monoisotopic (exact) mass is 493 g/mol. The summed E-state index contributed by atoms with van der Waals surface area (Å²) in [7, 11) is 1.55. The molecule has 2 N–H and O–H groups in total. The summed E-state index contributed by atoms with van der Waals surface area (Å²) in [5.74, 6) is 0.753. The smallest absolute Gasteiger partial charge is 0.253 e. The minimum atomic E-state index is -0.345. The van der Waals surface area contributed by atoms with Gasteiger partial charge in [0.2, 0.25) is 5.91 Å². The Kier molecular flexibility index (Phi) is 8.38. The summed E-state index contributed by atoms with van der Waals surface area (Å²) < 4.78 is 7.08. The third kappa shape index (κ3) is 5.93. The first-order valence-electron chi connectivity index (χ1n) is 9.64. The average molecular weight is 494 g/mol. The number of nitrogens with one attached hydrogen (secondary N) is 2. The van der Waals surface area contributed by atoms with Crippen LogP contribution in [0.3, 0.4) is 0 Å². The number of ether oxygens (including phenoxy) is 1. The van der Waals surface area contributed by atoms with Crippen LogP contribution in [0.15, 0.2) is 47.6 Å². The van der Waals surface area contributed by atoms with Gasteiger partial charge in [-0.3, -0.25) is 9.59 Å². The van der Waals surface area contributed by atoms with E-state index in [9.17, 15) is 9.59 Å². The summed E-state index contributed by atoms with van der Waals surface area (Å²) in [5, 5.41) is 15.2. The van der Waals surface area contributed by atoms with Gasteiger partial charge in [0.15, 0.2) is 11.0 Å². The quantitative estimate of drug-likeness (QED) is 0.431. The molecule has 8 nitrogen and oxygen atoms in total. The molecule has 0 unspecified atom stereocenters. The van der Waals surface area contributed by atoms with Crippen LogP contribution in [0.1, 0.15) is 23.1 Å². The lowest BCUT2D eigenvalue weighted by Crippen LogP contribution is -2.25. The Morgan fingerprint density at radius 2 is 1.94 bits per heavy atom. The van der Waals surface area contributed by atoms with Crippen LogP contribution in [0.25, 0.3) is 0 Å². The van der Waals surface area contributed by atoms with E-state index in [1.807, 2.05) is 23.6 Å². The molecule has 1 heterocycles. The van der Waals surface area contributed by atoms with Crippen molar-refractivity contribution in [3.05, 3.63) is 63.9 Å². The van der Waals surface area contributed by atoms with E-state index in [1.54, 1.807) is 31.4 Å². The summed E-state index contributed by atoms with van der Waals surface area (Å²) in [6.45, 7) is 2.67. The van der Waals surface area contributed by atoms with Gasteiger partial charge in [0.25, 0.3) is 5.91 Å². The highest BCUT2D eigenvalue weighted by Gasteiger charge is 2.16. The van der Waals surface area contributed by atoms with Gasteiger partial charge in [-0.15, -0.1) is 10.2 Å². The third-order valence-corrected chi connectivity index (χ3v) is 5.92. The molecule has 32 heavy (non-hydrogen) atoms. The second-order valence-corrected chi connectivity index (χ2v) is 8.27. The Morgan fingerprint density at radius 1 is 1.16 bits per heavy atom. The van der Waals surface area contributed by atoms with Crippen LogP contribution in [0, 0.1) is 0 Å². The maximum Gasteiger partial charge on any atom is 0.253 e. The number of rotatable bonds is 9. The fourth-order valence-corrected chi connectivity index (χ4v) is 4.18. The predicted octanol–water partition coefficient (Wildman–Crippen LogP) is 4.27. The van der Waals surface area contributed by atoms with Gasteiger partial charge in [-0.1, -0.05) is 47.1 Å². The van der Waals surface area contributed by atoms with Crippen LogP contribution in [0.4, 0.5) is 5.69 Å². The van der Waals surface area contributed by atoms with Crippen molar-refractivity contribution in [1.82, 2.24) is 20.1 Å². The fourth-order valence-electron chi connectivity index (χ4n) is 2.87. The Hall–Kier alpha value is -2.75. The molecule has 0 radical (unpaired) electrons. The Balaban J connectivity index is 1.59. The number of amides is 2. The zero-order chi connectivity index (χ0) is 23.1. The second-order valence-electron chi connectivity index (χ2n) is 6.49. The molecule has 0 aliphatic rings. The van der Waals surface area contributed by atoms with Gasteiger partial charge in [-0.25, -0.2) is 0 Å². The molecule has 0 fully saturated rings. The lowest BCUT2D eigenvalue weighted by molar-refractivity contribution is -0.113. The minimum absolute atomic E-state index is 0.142. The zero-order valence-corrected chi connectivity index (χ0v) is 19.7. The molecule has 2 aromatic carbocycles. The van der Waals surface area contributed by atoms with E-state index in [1.165, 1.54) is 17.8 Å². The fraction of sp³-hybridized carbons (Fsp3) is 0.238. The lowest BCUT2D eigenvalue weighted by atomic mass is 10.2. The highest BCUT2D eigenvalue weighted by molar-refractivity contribution is 7.99. The third-order valence-electron chi connectivity index (χ3n) is 4.41. The van der Waals surface area contributed by atoms with Gasteiger partial charge in [-0.05, 0) is 37.3 Å². The Morgan fingerprint density at radius 3 is 2.66 bits per heavy atom. The average Bonchev–Trinajstić information content (AvgIpc) is 3.18. The van der Waals surface area contributed by atoms with Crippen molar-refractivity contribution >= 4 is 52.5 Å². The number of thioether (sulfide) groups is 1. The minimum Gasteiger partial charge on any atom is -0.495 e. The van der Waals surface area contributed by atoms with Crippen LogP contribution >= 0.6 is 35.0 Å². The number of aromatic nitrogens is 3. The summed E-state index contributed by atoms with van der Waals surface area (Å²) in [4.78, 5) is 24.8. The van der Waals surface area contributed by atoms with Gasteiger partial charge < -0.3 is 19.9 Å². The van der Waals surface area contributed by atoms with Crippen LogP contribution in [-0.4, -0.2) is 39.4 Å². The number of methoxy groups -OCH3 is 1. The van der Waals surface area contributed by atoms with Crippen molar-refractivity contribution in [2.45, 2.75) is 25.2 Å². The summed E-state index contributed by atoms with van der Waals surface area (Å²) in [6, 6.07) is 11.9. The lowest BCUT2D eigenvalue weighted by Gasteiger charge is -2.10. The van der Waals surface area contributed by atoms with Crippen molar-refractivity contribution in [3.63, 3.8) is 0 Å². The van der Waals surface area contributed by atoms with Gasteiger partial charge in [0.05, 0.1) is 35.7 Å². The molecular weight excluding hydrogens is 473 g/mol. The molecule has 0 saturated carbocycles. The first-order chi connectivity index (χ1) is 15.4. The summed E-state index contributed by atoms with van der Waals surface area (Å²) >= 11 is 13.2. The summed E-state index contributed by atoms with van der Waals surface area (Å²) in [5.41, 5.74) is 0.920. The molecule has 0 spiro atoms. The standard InChI is InChI=1S/C21H21Cl2N5O3S/c1-3-28-18(11-24-20(30)14-9-8-13(22)10-15(14)23)26-27-21(28)32-12-19(29)25-16-6-4-5-7-17(16)31-2/h4-10H,3,11-12H2,1-2H3,(H,24,30)(H,25,29). The van der Waals surface area contributed by atoms with Crippen molar-refractivity contribution in [2.24, 2.45) is 0 Å². The largest absolute Gasteiger partial charge is 0.495 e. The molecule has 0 aliphatic heterocycles. The first-order valence-corrected chi connectivity index (χ1v) is 11.4. The first kappa shape index (κ1) is 23.9. The molecular formula is C21H21Cl2N5O3S. The Bertz CT molecular complexity index is 1120. The maximum atomic E-state index is 12.4. The summed E-state index contributed by atoms with van der Waals surface area (Å²) in [6.07, 6.45) is 0. The number of hydrogen-bond acceptors (Lipinski definition) is 6. The number of halogens is 2. The Labute approximate surface area is 199 Å². The van der Waals surface area contributed by atoms with E-state index in [2.05, 4.69) is 20.8 Å². The van der Waals surface area contributed by atoms with Crippen molar-refractivity contribution in [2.75, 3.05) is 18.2 Å². The normalized spacial score (nSPS) is 10.6. The molecule has 3 aromatic rings. The molecule has 3 rings (SSSR count). The van der Waals surface area contributed by atoms with Crippen LogP contribution in [0.5, 0.6) is 5.75 Å². The number of para-hydroxylation sites is 2. The predicted molar refractivity (Wildman–Crippen MR) is 126 cm³/mol. The topological polar surface area (TPSA) is 98.1 Å². The number of carbonyl (C=O) groups is 2. The van der Waals surface area contributed by atoms with E-state index in [0.717, 1.165) is 0 Å². The van der Waals surface area contributed by atoms with Crippen molar-refractivity contribution < 1.29 is 14.3 Å². The van der Waals surface area contributed by atoms with E-state index < -0.39 is 0 Å². The van der Waals surface area contributed by atoms with Gasteiger partial charge in [0.1, 0.15) is 5.75 Å². The molecule has 0 bridgehead atoms. The van der Waals surface area contributed by atoms with Gasteiger partial charge in [0, 0.05) is 11.6 Å². The highest BCUT2D eigenvalue weighted by Crippen LogP contribution is 2.24.